The van der Waals surface area contributed by atoms with Crippen LogP contribution < -0.4 is 9.80 Å². The standard InChI is InChI=1S/C84H50N2S2/c1-3-19-53(20-4-1)85(55-35-39-65-63-27-11-17-33-75(63)83(77(65)47-55)71-29-13-7-23-59(71)60-24-8-14-30-72(60)83)57-37-41-67-69-43-51-44-70-68-42-38-58(50-82(68)88-80(70)46-52(51)45-79(69)87-81(67)49-57)86(54-21-5-2-6-22-54)56-36-40-66-64-28-12-18-34-76(64)84(78(66)48-56)73-31-15-9-25-61(73)62-26-10-16-32-74(62)84/h1-50H. The quantitative estimate of drug-likeness (QED) is 0.164. The van der Waals surface area contributed by atoms with Crippen LogP contribution in [0.4, 0.5) is 34.1 Å². The first-order valence-corrected chi connectivity index (χ1v) is 32.1. The van der Waals surface area contributed by atoms with Crippen LogP contribution in [-0.4, -0.2) is 0 Å². The van der Waals surface area contributed by atoms with Crippen molar-refractivity contribution in [2.45, 2.75) is 10.8 Å². The number of fused-ring (bicyclic) bond motifs is 27. The molecule has 0 radical (unpaired) electrons. The molecule has 88 heavy (non-hydrogen) atoms. The van der Waals surface area contributed by atoms with E-state index in [2.05, 4.69) is 313 Å². The summed E-state index contributed by atoms with van der Waals surface area (Å²) in [5.41, 5.74) is 27.2. The fourth-order valence-corrected chi connectivity index (χ4v) is 18.9. The molecular formula is C84H50N2S2. The van der Waals surface area contributed by atoms with Gasteiger partial charge >= 0.3 is 0 Å². The van der Waals surface area contributed by atoms with Crippen molar-refractivity contribution in [3.8, 4) is 44.5 Å². The second-order valence-corrected chi connectivity index (χ2v) is 26.4. The lowest BCUT2D eigenvalue weighted by Gasteiger charge is -2.32. The number of para-hydroxylation sites is 2. The third-order valence-electron chi connectivity index (χ3n) is 20.0. The topological polar surface area (TPSA) is 6.48 Å². The van der Waals surface area contributed by atoms with Gasteiger partial charge in [-0.1, -0.05) is 206 Å². The summed E-state index contributed by atoms with van der Waals surface area (Å²) in [5, 5.41) is 7.68. The number of hydrogen-bond acceptors (Lipinski definition) is 4. The minimum Gasteiger partial charge on any atom is -0.310 e. The summed E-state index contributed by atoms with van der Waals surface area (Å²) in [6.07, 6.45) is 0. The fraction of sp³-hybridized carbons (Fsp3) is 0.0238. The van der Waals surface area contributed by atoms with E-state index in [4.69, 9.17) is 0 Å². The smallest absolute Gasteiger partial charge is 0.0726 e. The van der Waals surface area contributed by atoms with Crippen LogP contribution in [0.5, 0.6) is 0 Å². The molecule has 408 valence electrons. The normalized spacial score (nSPS) is 13.9. The number of rotatable bonds is 6. The molecule has 0 N–H and O–H groups in total. The lowest BCUT2D eigenvalue weighted by atomic mass is 9.70. The minimum absolute atomic E-state index is 0.429. The molecule has 4 aliphatic rings. The van der Waals surface area contributed by atoms with Gasteiger partial charge in [0, 0.05) is 74.5 Å². The van der Waals surface area contributed by atoms with Gasteiger partial charge < -0.3 is 9.80 Å². The highest BCUT2D eigenvalue weighted by molar-refractivity contribution is 7.26. The fourth-order valence-electron chi connectivity index (χ4n) is 16.5. The van der Waals surface area contributed by atoms with Crippen LogP contribution in [0, 0.1) is 0 Å². The molecule has 20 rings (SSSR count). The van der Waals surface area contributed by atoms with Gasteiger partial charge in [-0.05, 0) is 197 Å². The van der Waals surface area contributed by atoms with Gasteiger partial charge in [0.1, 0.15) is 0 Å². The van der Waals surface area contributed by atoms with E-state index >= 15 is 0 Å². The Labute approximate surface area is 517 Å². The second-order valence-electron chi connectivity index (χ2n) is 24.2. The van der Waals surface area contributed by atoms with Gasteiger partial charge in [-0.3, -0.25) is 0 Å². The van der Waals surface area contributed by atoms with Crippen molar-refractivity contribution in [3.63, 3.8) is 0 Å². The Balaban J connectivity index is 0.691. The number of benzene rings is 14. The Morgan fingerprint density at radius 1 is 0.193 bits per heavy atom. The summed E-state index contributed by atoms with van der Waals surface area (Å²) in [6.45, 7) is 0. The van der Waals surface area contributed by atoms with E-state index in [9.17, 15) is 0 Å². The van der Waals surface area contributed by atoms with E-state index in [1.807, 2.05) is 22.7 Å². The van der Waals surface area contributed by atoms with E-state index in [0.717, 1.165) is 34.1 Å². The molecule has 2 nitrogen and oxygen atoms in total. The van der Waals surface area contributed by atoms with Gasteiger partial charge in [0.2, 0.25) is 0 Å². The zero-order chi connectivity index (χ0) is 57.4. The highest BCUT2D eigenvalue weighted by Crippen LogP contribution is 2.65. The summed E-state index contributed by atoms with van der Waals surface area (Å²) < 4.78 is 5.14. The molecule has 4 aliphatic carbocycles. The molecule has 0 saturated carbocycles. The highest BCUT2D eigenvalue weighted by Gasteiger charge is 2.53. The monoisotopic (exact) mass is 1150 g/mol. The third-order valence-corrected chi connectivity index (χ3v) is 22.2. The SMILES string of the molecule is c1ccc(N(c2ccc3c(c2)C2(c4ccccc4-c4ccccc42)c2ccccc2-3)c2ccc3c(c2)sc2cc4cc5sc6cc(N(c7ccccc7)c7ccc8c(c7)C7(c9ccccc9-c9ccccc97)c7ccccc7-8)ccc6c5cc4cc23)cc1. The predicted molar refractivity (Wildman–Crippen MR) is 372 cm³/mol. The molecule has 0 fully saturated rings. The largest absolute Gasteiger partial charge is 0.310 e. The van der Waals surface area contributed by atoms with Crippen LogP contribution in [0.25, 0.3) is 95.6 Å². The molecule has 0 aliphatic heterocycles. The summed E-state index contributed by atoms with van der Waals surface area (Å²) in [6, 6.07) is 115. The van der Waals surface area contributed by atoms with E-state index in [1.54, 1.807) is 0 Å². The van der Waals surface area contributed by atoms with Crippen LogP contribution in [-0.2, 0) is 10.8 Å². The molecule has 4 heteroatoms. The Hall–Kier alpha value is -10.6. The molecule has 0 atom stereocenters. The Morgan fingerprint density at radius 2 is 0.466 bits per heavy atom. The second kappa shape index (κ2) is 18.0. The summed E-state index contributed by atoms with van der Waals surface area (Å²) in [5.74, 6) is 0. The van der Waals surface area contributed by atoms with Gasteiger partial charge in [-0.25, -0.2) is 0 Å². The first-order chi connectivity index (χ1) is 43.6. The van der Waals surface area contributed by atoms with Crippen LogP contribution in [0.1, 0.15) is 44.5 Å². The van der Waals surface area contributed by atoms with Crippen LogP contribution in [0.3, 0.4) is 0 Å². The van der Waals surface area contributed by atoms with Gasteiger partial charge in [-0.2, -0.15) is 0 Å². The molecule has 2 spiro atoms. The maximum absolute atomic E-state index is 2.50. The lowest BCUT2D eigenvalue weighted by Crippen LogP contribution is -2.26. The zero-order valence-electron chi connectivity index (χ0n) is 47.6. The Bertz CT molecular complexity index is 5200. The summed E-state index contributed by atoms with van der Waals surface area (Å²) in [7, 11) is 0. The molecule has 0 bridgehead atoms. The van der Waals surface area contributed by atoms with Crippen LogP contribution >= 0.6 is 22.7 Å². The van der Waals surface area contributed by atoms with Crippen molar-refractivity contribution in [1.82, 2.24) is 0 Å². The molecule has 16 aromatic rings. The highest BCUT2D eigenvalue weighted by atomic mass is 32.1. The summed E-state index contributed by atoms with van der Waals surface area (Å²) in [4.78, 5) is 4.92. The lowest BCUT2D eigenvalue weighted by molar-refractivity contribution is 0.793. The van der Waals surface area contributed by atoms with Crippen molar-refractivity contribution < 1.29 is 0 Å². The van der Waals surface area contributed by atoms with Gasteiger partial charge in [0.05, 0.1) is 10.8 Å². The minimum atomic E-state index is -0.429. The van der Waals surface area contributed by atoms with Crippen molar-refractivity contribution in [2.24, 2.45) is 0 Å². The number of thiophene rings is 2. The zero-order valence-corrected chi connectivity index (χ0v) is 49.2. The molecule has 0 unspecified atom stereocenters. The van der Waals surface area contributed by atoms with Gasteiger partial charge in [0.25, 0.3) is 0 Å². The van der Waals surface area contributed by atoms with E-state index in [0.29, 0.717) is 0 Å². The first-order valence-electron chi connectivity index (χ1n) is 30.5. The average molecular weight is 1150 g/mol. The van der Waals surface area contributed by atoms with Crippen molar-refractivity contribution in [1.29, 1.82) is 0 Å². The van der Waals surface area contributed by atoms with Gasteiger partial charge in [0.15, 0.2) is 0 Å². The number of nitrogens with zero attached hydrogens (tertiary/aromatic N) is 2. The van der Waals surface area contributed by atoms with Crippen LogP contribution in [0.15, 0.2) is 303 Å². The molecular weight excluding hydrogens is 1100 g/mol. The van der Waals surface area contributed by atoms with Gasteiger partial charge in [-0.15, -0.1) is 22.7 Å². The van der Waals surface area contributed by atoms with Crippen LogP contribution in [0.2, 0.25) is 0 Å². The van der Waals surface area contributed by atoms with Crippen molar-refractivity contribution in [3.05, 3.63) is 348 Å². The Morgan fingerprint density at radius 3 is 0.818 bits per heavy atom. The molecule has 2 aromatic heterocycles. The first kappa shape index (κ1) is 48.6. The Kier molecular flexibility index (Phi) is 9.93. The maximum Gasteiger partial charge on any atom is 0.0726 e. The predicted octanol–water partition coefficient (Wildman–Crippen LogP) is 23.2. The molecule has 14 aromatic carbocycles. The van der Waals surface area contributed by atoms with E-state index in [-0.39, 0.29) is 0 Å². The maximum atomic E-state index is 2.50. The van der Waals surface area contributed by atoms with Crippen molar-refractivity contribution in [2.75, 3.05) is 9.80 Å². The molecule has 2 heterocycles. The van der Waals surface area contributed by atoms with E-state index < -0.39 is 10.8 Å². The average Bonchev–Trinajstić information content (AvgIpc) is 1.53. The van der Waals surface area contributed by atoms with Crippen molar-refractivity contribution >= 4 is 108 Å². The summed E-state index contributed by atoms with van der Waals surface area (Å²) >= 11 is 3.79. The van der Waals surface area contributed by atoms with E-state index in [1.165, 1.54) is 140 Å². The number of hydrogen-bond donors (Lipinski definition) is 0. The number of anilines is 6. The third kappa shape index (κ3) is 6.39. The molecule has 0 saturated heterocycles. The molecule has 0 amide bonds.